The van der Waals surface area contributed by atoms with Crippen molar-refractivity contribution < 1.29 is 23.1 Å². The summed E-state index contributed by atoms with van der Waals surface area (Å²) < 4.78 is 32.0. The Kier molecular flexibility index (Phi) is 5.50. The van der Waals surface area contributed by atoms with E-state index in [4.69, 9.17) is 10.5 Å². The maximum absolute atomic E-state index is 13.0. The Morgan fingerprint density at radius 1 is 1.19 bits per heavy atom. The van der Waals surface area contributed by atoms with E-state index in [1.54, 1.807) is 56.3 Å². The largest absolute Gasteiger partial charge is 0.469 e. The SMILES string of the molecule is COC(=O)C(C1CC1)C(O)(c1ccccc1)c1ccc2nc(N)n(S(=O)(=O)C(C)C)c2c1. The van der Waals surface area contributed by atoms with Crippen molar-refractivity contribution in [2.45, 2.75) is 37.5 Å². The van der Waals surface area contributed by atoms with Crippen LogP contribution in [0.2, 0.25) is 0 Å². The number of methoxy groups -OCH3 is 1. The Bertz CT molecular complexity index is 1270. The molecule has 1 saturated carbocycles. The van der Waals surface area contributed by atoms with E-state index in [2.05, 4.69) is 4.98 Å². The molecule has 3 aromatic rings. The molecular weight excluding hydrogens is 430 g/mol. The van der Waals surface area contributed by atoms with Crippen LogP contribution in [0.25, 0.3) is 11.0 Å². The van der Waals surface area contributed by atoms with E-state index >= 15 is 0 Å². The van der Waals surface area contributed by atoms with Crippen LogP contribution in [0.15, 0.2) is 48.5 Å². The zero-order valence-electron chi connectivity index (χ0n) is 18.2. The van der Waals surface area contributed by atoms with Gasteiger partial charge in [-0.05, 0) is 55.9 Å². The fourth-order valence-electron chi connectivity index (χ4n) is 4.27. The number of carbonyl (C=O) groups is 1. The van der Waals surface area contributed by atoms with Crippen LogP contribution >= 0.6 is 0 Å². The van der Waals surface area contributed by atoms with Crippen LogP contribution in [-0.4, -0.2) is 40.8 Å². The third kappa shape index (κ3) is 3.45. The van der Waals surface area contributed by atoms with E-state index in [0.717, 1.165) is 16.8 Å². The Hall–Kier alpha value is -2.91. The molecule has 170 valence electrons. The monoisotopic (exact) mass is 457 g/mol. The van der Waals surface area contributed by atoms with Gasteiger partial charge in [0.15, 0.2) is 0 Å². The van der Waals surface area contributed by atoms with Crippen LogP contribution in [-0.2, 0) is 25.2 Å². The average Bonchev–Trinajstić information content (AvgIpc) is 3.53. The van der Waals surface area contributed by atoms with Gasteiger partial charge in [-0.25, -0.2) is 17.4 Å². The van der Waals surface area contributed by atoms with Gasteiger partial charge in [0, 0.05) is 0 Å². The van der Waals surface area contributed by atoms with Gasteiger partial charge in [-0.1, -0.05) is 36.4 Å². The second-order valence-electron chi connectivity index (χ2n) is 8.50. The number of nitrogen functional groups attached to an aromatic ring is 1. The number of hydrogen-bond donors (Lipinski definition) is 2. The summed E-state index contributed by atoms with van der Waals surface area (Å²) in [5.41, 5.74) is 5.77. The normalized spacial score (nSPS) is 17.3. The summed E-state index contributed by atoms with van der Waals surface area (Å²) in [6.07, 6.45) is 1.59. The predicted octanol–water partition coefficient (Wildman–Crippen LogP) is 2.64. The van der Waals surface area contributed by atoms with Crippen molar-refractivity contribution in [2.75, 3.05) is 12.8 Å². The summed E-state index contributed by atoms with van der Waals surface area (Å²) in [6, 6.07) is 13.7. The highest BCUT2D eigenvalue weighted by Gasteiger charge is 2.52. The molecule has 0 bridgehead atoms. The Labute approximate surface area is 187 Å². The van der Waals surface area contributed by atoms with Gasteiger partial charge in [-0.15, -0.1) is 0 Å². The number of nitrogens with two attached hydrogens (primary N) is 1. The summed E-state index contributed by atoms with van der Waals surface area (Å²) in [5.74, 6) is -1.55. The van der Waals surface area contributed by atoms with Crippen molar-refractivity contribution >= 4 is 33.0 Å². The molecule has 32 heavy (non-hydrogen) atoms. The highest BCUT2D eigenvalue weighted by molar-refractivity contribution is 7.90. The Morgan fingerprint density at radius 3 is 2.41 bits per heavy atom. The second kappa shape index (κ2) is 7.90. The lowest BCUT2D eigenvalue weighted by Crippen LogP contribution is -2.43. The van der Waals surface area contributed by atoms with Gasteiger partial charge in [0.05, 0.1) is 29.3 Å². The Morgan fingerprint density at radius 2 is 1.84 bits per heavy atom. The molecule has 0 radical (unpaired) electrons. The molecule has 8 nitrogen and oxygen atoms in total. The number of carbonyl (C=O) groups excluding carboxylic acids is 1. The van der Waals surface area contributed by atoms with E-state index in [9.17, 15) is 18.3 Å². The van der Waals surface area contributed by atoms with Gasteiger partial charge >= 0.3 is 5.97 Å². The average molecular weight is 458 g/mol. The summed E-state index contributed by atoms with van der Waals surface area (Å²) in [7, 11) is -2.50. The standard InChI is InChI=1S/C23H27N3O5S/c1-14(2)32(29,30)26-19-13-17(11-12-18(19)25-22(26)24)23(28,16-7-5-4-6-8-16)20(15-9-10-15)21(27)31-3/h4-8,11-15,20,28H,9-10H2,1-3H3,(H2,24,25). The molecule has 0 aliphatic heterocycles. The van der Waals surface area contributed by atoms with Gasteiger partial charge in [0.1, 0.15) is 5.60 Å². The Balaban J connectivity index is 2.00. The molecule has 0 spiro atoms. The van der Waals surface area contributed by atoms with Gasteiger partial charge in [0.25, 0.3) is 0 Å². The summed E-state index contributed by atoms with van der Waals surface area (Å²) in [4.78, 5) is 17.0. The van der Waals surface area contributed by atoms with Crippen LogP contribution in [0.5, 0.6) is 0 Å². The van der Waals surface area contributed by atoms with Crippen molar-refractivity contribution in [1.29, 1.82) is 0 Å². The van der Waals surface area contributed by atoms with E-state index in [1.165, 1.54) is 7.11 Å². The van der Waals surface area contributed by atoms with Crippen molar-refractivity contribution in [2.24, 2.45) is 11.8 Å². The number of ether oxygens (including phenoxy) is 1. The first-order valence-electron chi connectivity index (χ1n) is 10.5. The number of anilines is 1. The lowest BCUT2D eigenvalue weighted by atomic mass is 9.73. The van der Waals surface area contributed by atoms with Gasteiger partial charge in [-0.2, -0.15) is 0 Å². The number of imidazole rings is 1. The lowest BCUT2D eigenvalue weighted by Gasteiger charge is -2.36. The van der Waals surface area contributed by atoms with Crippen molar-refractivity contribution in [3.63, 3.8) is 0 Å². The van der Waals surface area contributed by atoms with Gasteiger partial charge < -0.3 is 15.6 Å². The molecule has 4 rings (SSSR count). The number of fused-ring (bicyclic) bond motifs is 1. The van der Waals surface area contributed by atoms with E-state index in [1.807, 2.05) is 6.07 Å². The smallest absolute Gasteiger partial charge is 0.312 e. The second-order valence-corrected chi connectivity index (χ2v) is 10.8. The highest BCUT2D eigenvalue weighted by atomic mass is 32.2. The highest BCUT2D eigenvalue weighted by Crippen LogP contribution is 2.50. The fourth-order valence-corrected chi connectivity index (χ4v) is 5.41. The first-order chi connectivity index (χ1) is 15.1. The maximum Gasteiger partial charge on any atom is 0.312 e. The zero-order valence-corrected chi connectivity index (χ0v) is 19.0. The number of aromatic nitrogens is 2. The summed E-state index contributed by atoms with van der Waals surface area (Å²) >= 11 is 0. The molecule has 2 aromatic carbocycles. The minimum atomic E-state index is -3.81. The summed E-state index contributed by atoms with van der Waals surface area (Å²) in [6.45, 7) is 3.12. The topological polar surface area (TPSA) is 125 Å². The van der Waals surface area contributed by atoms with Crippen LogP contribution in [0, 0.1) is 11.8 Å². The molecule has 1 fully saturated rings. The van der Waals surface area contributed by atoms with Crippen molar-refractivity contribution in [3.05, 3.63) is 59.7 Å². The zero-order chi connectivity index (χ0) is 23.3. The molecule has 1 aliphatic rings. The van der Waals surface area contributed by atoms with E-state index < -0.39 is 32.8 Å². The molecule has 0 amide bonds. The molecule has 2 atom stereocenters. The van der Waals surface area contributed by atoms with E-state index in [0.29, 0.717) is 16.6 Å². The van der Waals surface area contributed by atoms with Crippen LogP contribution in [0.1, 0.15) is 37.8 Å². The van der Waals surface area contributed by atoms with Crippen LogP contribution < -0.4 is 5.73 Å². The molecular formula is C23H27N3O5S. The minimum absolute atomic E-state index is 0.0438. The van der Waals surface area contributed by atoms with Gasteiger partial charge in [0.2, 0.25) is 16.0 Å². The number of esters is 1. The first-order valence-corrected chi connectivity index (χ1v) is 12.0. The number of benzene rings is 2. The number of aliphatic hydroxyl groups is 1. The molecule has 0 saturated heterocycles. The van der Waals surface area contributed by atoms with Gasteiger partial charge in [-0.3, -0.25) is 4.79 Å². The molecule has 9 heteroatoms. The van der Waals surface area contributed by atoms with Crippen molar-refractivity contribution in [3.8, 4) is 0 Å². The molecule has 3 N–H and O–H groups in total. The van der Waals surface area contributed by atoms with Crippen LogP contribution in [0.4, 0.5) is 5.95 Å². The molecule has 2 unspecified atom stereocenters. The molecule has 1 heterocycles. The van der Waals surface area contributed by atoms with Crippen LogP contribution in [0.3, 0.4) is 0 Å². The minimum Gasteiger partial charge on any atom is -0.469 e. The number of nitrogens with zero attached hydrogens (tertiary/aromatic N) is 2. The summed E-state index contributed by atoms with van der Waals surface area (Å²) in [5, 5.41) is 11.5. The molecule has 1 aliphatic carbocycles. The number of rotatable bonds is 7. The molecule has 1 aromatic heterocycles. The lowest BCUT2D eigenvalue weighted by molar-refractivity contribution is -0.155. The first kappa shape index (κ1) is 22.3. The maximum atomic E-state index is 13.0. The van der Waals surface area contributed by atoms with E-state index in [-0.39, 0.29) is 17.4 Å². The van der Waals surface area contributed by atoms with Crippen molar-refractivity contribution in [1.82, 2.24) is 8.96 Å². The predicted molar refractivity (Wildman–Crippen MR) is 121 cm³/mol. The number of hydrogen-bond acceptors (Lipinski definition) is 7. The fraction of sp³-hybridized carbons (Fsp3) is 0.391. The quantitative estimate of drug-likeness (QED) is 0.523. The third-order valence-corrected chi connectivity index (χ3v) is 8.22. The third-order valence-electron chi connectivity index (χ3n) is 6.14.